The highest BCUT2D eigenvalue weighted by atomic mass is 32.2. The number of aromatic nitrogens is 3. The smallest absolute Gasteiger partial charge is 0.240 e. The Labute approximate surface area is 192 Å². The molecule has 2 aromatic heterocycles. The second-order valence-corrected chi connectivity index (χ2v) is 9.82. The number of unbranched alkanes of at least 4 members (excludes halogenated alkanes) is 2. The van der Waals surface area contributed by atoms with Gasteiger partial charge in [0.25, 0.3) is 0 Å². The van der Waals surface area contributed by atoms with Crippen LogP contribution in [0.3, 0.4) is 0 Å². The topological polar surface area (TPSA) is 103 Å². The number of sulfonamides is 1. The van der Waals surface area contributed by atoms with Crippen LogP contribution < -0.4 is 10.5 Å². The highest BCUT2D eigenvalue weighted by Crippen LogP contribution is 2.29. The summed E-state index contributed by atoms with van der Waals surface area (Å²) >= 11 is 0. The van der Waals surface area contributed by atoms with Crippen molar-refractivity contribution in [2.45, 2.75) is 50.5 Å². The zero-order chi connectivity index (χ0) is 23.4. The number of aryl methyl sites for hydroxylation is 2. The molecule has 174 valence electrons. The third-order valence-corrected chi connectivity index (χ3v) is 7.14. The van der Waals surface area contributed by atoms with Crippen molar-refractivity contribution in [3.63, 3.8) is 0 Å². The number of rotatable bonds is 10. The van der Waals surface area contributed by atoms with Gasteiger partial charge in [-0.25, -0.2) is 27.5 Å². The standard InChI is InChI=1S/C24H28FN5O2S/c1-2-3-10-21-29-22-23(19-8-4-5-9-20(19)28-24(22)26)30(21)16-7-6-15-27-33(31,32)18-13-11-17(25)12-14-18/h4-5,8-9,11-14,27H,2-3,6-7,10,15-16H2,1H3,(H2,26,28). The van der Waals surface area contributed by atoms with Gasteiger partial charge < -0.3 is 10.3 Å². The molecule has 7 nitrogen and oxygen atoms in total. The molecule has 0 spiro atoms. The predicted molar refractivity (Wildman–Crippen MR) is 129 cm³/mol. The minimum Gasteiger partial charge on any atom is -0.382 e. The predicted octanol–water partition coefficient (Wildman–Crippen LogP) is 4.41. The third kappa shape index (κ3) is 4.99. The molecule has 0 amide bonds. The average molecular weight is 470 g/mol. The molecule has 9 heteroatoms. The Bertz CT molecular complexity index is 1370. The normalized spacial score (nSPS) is 12.1. The summed E-state index contributed by atoms with van der Waals surface area (Å²) in [5, 5.41) is 1.01. The highest BCUT2D eigenvalue weighted by Gasteiger charge is 2.17. The molecule has 4 rings (SSSR count). The number of hydrogen-bond donors (Lipinski definition) is 2. The fourth-order valence-corrected chi connectivity index (χ4v) is 5.04. The van der Waals surface area contributed by atoms with Gasteiger partial charge in [0.1, 0.15) is 17.2 Å². The van der Waals surface area contributed by atoms with Crippen molar-refractivity contribution < 1.29 is 12.8 Å². The first-order chi connectivity index (χ1) is 15.9. The van der Waals surface area contributed by atoms with E-state index < -0.39 is 15.8 Å². The maximum Gasteiger partial charge on any atom is 0.240 e. The number of nitrogens with zero attached hydrogens (tertiary/aromatic N) is 3. The Morgan fingerprint density at radius 1 is 1.03 bits per heavy atom. The lowest BCUT2D eigenvalue weighted by atomic mass is 10.2. The number of imidazole rings is 1. The van der Waals surface area contributed by atoms with Crippen molar-refractivity contribution in [3.8, 4) is 0 Å². The lowest BCUT2D eigenvalue weighted by molar-refractivity contribution is 0.561. The molecule has 4 aromatic rings. The minimum absolute atomic E-state index is 0.0563. The quantitative estimate of drug-likeness (QED) is 0.335. The van der Waals surface area contributed by atoms with Crippen LogP contribution in [-0.2, 0) is 23.0 Å². The summed E-state index contributed by atoms with van der Waals surface area (Å²) in [5.41, 5.74) is 8.77. The van der Waals surface area contributed by atoms with E-state index in [2.05, 4.69) is 21.2 Å². The van der Waals surface area contributed by atoms with Crippen molar-refractivity contribution in [1.29, 1.82) is 0 Å². The van der Waals surface area contributed by atoms with E-state index in [4.69, 9.17) is 10.7 Å². The lowest BCUT2D eigenvalue weighted by Crippen LogP contribution is -2.25. The zero-order valence-electron chi connectivity index (χ0n) is 18.6. The van der Waals surface area contributed by atoms with Gasteiger partial charge in [-0.05, 0) is 49.6 Å². The number of nitrogens with one attached hydrogen (secondary N) is 1. The van der Waals surface area contributed by atoms with E-state index in [1.165, 1.54) is 12.1 Å². The molecule has 3 N–H and O–H groups in total. The molecular weight excluding hydrogens is 441 g/mol. The van der Waals surface area contributed by atoms with Gasteiger partial charge in [-0.2, -0.15) is 0 Å². The molecule has 2 aromatic carbocycles. The molecule has 0 aliphatic heterocycles. The van der Waals surface area contributed by atoms with Crippen LogP contribution in [-0.4, -0.2) is 29.5 Å². The van der Waals surface area contributed by atoms with E-state index in [1.807, 2.05) is 24.3 Å². The average Bonchev–Trinajstić information content (AvgIpc) is 3.17. The summed E-state index contributed by atoms with van der Waals surface area (Å²) in [5.74, 6) is 0.930. The van der Waals surface area contributed by atoms with Gasteiger partial charge in [0.2, 0.25) is 10.0 Å². The molecule has 0 unspecified atom stereocenters. The summed E-state index contributed by atoms with van der Waals surface area (Å²) in [6, 6.07) is 12.7. The highest BCUT2D eigenvalue weighted by molar-refractivity contribution is 7.89. The third-order valence-electron chi connectivity index (χ3n) is 5.67. The Morgan fingerprint density at radius 3 is 2.55 bits per heavy atom. The van der Waals surface area contributed by atoms with E-state index in [9.17, 15) is 12.8 Å². The zero-order valence-corrected chi connectivity index (χ0v) is 19.4. The summed E-state index contributed by atoms with van der Waals surface area (Å²) in [6.07, 6.45) is 4.32. The molecule has 0 atom stereocenters. The molecule has 2 heterocycles. The fraction of sp³-hybridized carbons (Fsp3) is 0.333. The lowest BCUT2D eigenvalue weighted by Gasteiger charge is -2.11. The maximum absolute atomic E-state index is 13.1. The van der Waals surface area contributed by atoms with Crippen LogP contribution in [0, 0.1) is 5.82 Å². The first-order valence-electron chi connectivity index (χ1n) is 11.2. The summed E-state index contributed by atoms with van der Waals surface area (Å²) in [7, 11) is -3.66. The Balaban J connectivity index is 1.51. The van der Waals surface area contributed by atoms with Gasteiger partial charge in [-0.3, -0.25) is 0 Å². The Morgan fingerprint density at radius 2 is 1.79 bits per heavy atom. The van der Waals surface area contributed by atoms with Gasteiger partial charge in [-0.1, -0.05) is 31.5 Å². The molecule has 33 heavy (non-hydrogen) atoms. The van der Waals surface area contributed by atoms with Crippen molar-refractivity contribution >= 4 is 37.8 Å². The van der Waals surface area contributed by atoms with Crippen molar-refractivity contribution in [2.24, 2.45) is 0 Å². The summed E-state index contributed by atoms with van der Waals surface area (Å²) in [4.78, 5) is 9.39. The molecule has 0 aliphatic rings. The van der Waals surface area contributed by atoms with E-state index >= 15 is 0 Å². The Kier molecular flexibility index (Phi) is 6.90. The second-order valence-electron chi connectivity index (χ2n) is 8.05. The number of pyridine rings is 1. The van der Waals surface area contributed by atoms with Crippen LogP contribution in [0.15, 0.2) is 53.4 Å². The van der Waals surface area contributed by atoms with Gasteiger partial charge in [0.05, 0.1) is 15.9 Å². The number of fused-ring (bicyclic) bond motifs is 3. The van der Waals surface area contributed by atoms with Crippen LogP contribution in [0.25, 0.3) is 21.9 Å². The van der Waals surface area contributed by atoms with Crippen LogP contribution in [0.4, 0.5) is 10.2 Å². The first-order valence-corrected chi connectivity index (χ1v) is 12.7. The van der Waals surface area contributed by atoms with Gasteiger partial charge >= 0.3 is 0 Å². The largest absolute Gasteiger partial charge is 0.382 e. The molecule has 0 bridgehead atoms. The number of anilines is 1. The number of nitrogen functional groups attached to an aromatic ring is 1. The SMILES string of the molecule is CCCCc1nc2c(N)nc3ccccc3c2n1CCCCNS(=O)(=O)c1ccc(F)cc1. The molecular formula is C24H28FN5O2S. The number of hydrogen-bond acceptors (Lipinski definition) is 5. The van der Waals surface area contributed by atoms with Crippen molar-refractivity contribution in [2.75, 3.05) is 12.3 Å². The Hall–Kier alpha value is -3.04. The molecule has 0 aliphatic carbocycles. The van der Waals surface area contributed by atoms with Crippen LogP contribution in [0.2, 0.25) is 0 Å². The monoisotopic (exact) mass is 469 g/mol. The van der Waals surface area contributed by atoms with E-state index in [0.29, 0.717) is 25.3 Å². The second kappa shape index (κ2) is 9.84. The van der Waals surface area contributed by atoms with Crippen molar-refractivity contribution in [1.82, 2.24) is 19.3 Å². The van der Waals surface area contributed by atoms with E-state index in [0.717, 1.165) is 65.6 Å². The molecule has 0 saturated heterocycles. The van der Waals surface area contributed by atoms with Crippen molar-refractivity contribution in [3.05, 3.63) is 60.2 Å². The first kappa shape index (κ1) is 23.1. The molecule has 0 saturated carbocycles. The number of nitrogens with two attached hydrogens (primary N) is 1. The van der Waals surface area contributed by atoms with Gasteiger partial charge in [0.15, 0.2) is 5.82 Å². The van der Waals surface area contributed by atoms with Crippen LogP contribution >= 0.6 is 0 Å². The van der Waals surface area contributed by atoms with Gasteiger partial charge in [0, 0.05) is 24.9 Å². The molecule has 0 radical (unpaired) electrons. The van der Waals surface area contributed by atoms with Gasteiger partial charge in [-0.15, -0.1) is 0 Å². The molecule has 0 fully saturated rings. The summed E-state index contributed by atoms with van der Waals surface area (Å²) < 4.78 is 42.7. The minimum atomic E-state index is -3.66. The van der Waals surface area contributed by atoms with E-state index in [-0.39, 0.29) is 4.90 Å². The number of halogens is 1. The van der Waals surface area contributed by atoms with E-state index in [1.54, 1.807) is 0 Å². The maximum atomic E-state index is 13.1. The number of para-hydroxylation sites is 1. The number of benzene rings is 2. The summed E-state index contributed by atoms with van der Waals surface area (Å²) in [6.45, 7) is 3.13. The van der Waals surface area contributed by atoms with Crippen LogP contribution in [0.1, 0.15) is 38.4 Å². The fourth-order valence-electron chi connectivity index (χ4n) is 3.97. The van der Waals surface area contributed by atoms with Crippen LogP contribution in [0.5, 0.6) is 0 Å².